The van der Waals surface area contributed by atoms with E-state index < -0.39 is 0 Å². The third kappa shape index (κ3) is 3.43. The van der Waals surface area contributed by atoms with Gasteiger partial charge in [0.15, 0.2) is 0 Å². The average Bonchev–Trinajstić information content (AvgIpc) is 2.36. The molecule has 0 aliphatic carbocycles. The van der Waals surface area contributed by atoms with Gasteiger partial charge < -0.3 is 10.5 Å². The average molecular weight is 233 g/mol. The maximum absolute atomic E-state index is 8.95. The maximum atomic E-state index is 8.95. The fraction of sp³-hybridized carbons (Fsp3) is 0.538. The van der Waals surface area contributed by atoms with Crippen molar-refractivity contribution in [2.75, 3.05) is 6.61 Å². The molecule has 0 aliphatic rings. The number of hydrogen-bond donors (Lipinski definition) is 1. The van der Waals surface area contributed by atoms with E-state index in [9.17, 15) is 0 Å². The van der Waals surface area contributed by atoms with E-state index in [2.05, 4.69) is 11.1 Å². The lowest BCUT2D eigenvalue weighted by Gasteiger charge is -2.26. The summed E-state index contributed by atoms with van der Waals surface area (Å²) in [7, 11) is 0. The standard InChI is InChI=1S/C13H19N3O/c1-4-13(15,5-2)9-17-12-11(8-14)7-6-10(3)16-12/h6-7H,4-5,9,15H2,1-3H3. The molecule has 1 rings (SSSR count). The van der Waals surface area contributed by atoms with Crippen molar-refractivity contribution in [2.45, 2.75) is 39.2 Å². The van der Waals surface area contributed by atoms with E-state index >= 15 is 0 Å². The minimum absolute atomic E-state index is 0.349. The number of pyridine rings is 1. The molecule has 2 N–H and O–H groups in total. The summed E-state index contributed by atoms with van der Waals surface area (Å²) in [6.45, 7) is 6.30. The van der Waals surface area contributed by atoms with E-state index in [1.54, 1.807) is 12.1 Å². The Morgan fingerprint density at radius 2 is 2.06 bits per heavy atom. The lowest BCUT2D eigenvalue weighted by atomic mass is 9.96. The third-order valence-corrected chi connectivity index (χ3v) is 3.02. The predicted octanol–water partition coefficient (Wildman–Crippen LogP) is 2.16. The molecule has 4 nitrogen and oxygen atoms in total. The van der Waals surface area contributed by atoms with Crippen molar-refractivity contribution < 1.29 is 4.74 Å². The Bertz CT molecular complexity index is 419. The summed E-state index contributed by atoms with van der Waals surface area (Å²) in [5, 5.41) is 8.95. The Balaban J connectivity index is 2.82. The highest BCUT2D eigenvalue weighted by Gasteiger charge is 2.22. The number of ether oxygens (including phenoxy) is 1. The number of aryl methyl sites for hydroxylation is 1. The van der Waals surface area contributed by atoms with Gasteiger partial charge >= 0.3 is 0 Å². The van der Waals surface area contributed by atoms with Gasteiger partial charge in [-0.05, 0) is 31.9 Å². The number of nitrogens with two attached hydrogens (primary N) is 1. The zero-order chi connectivity index (χ0) is 12.9. The second-order valence-electron chi connectivity index (χ2n) is 4.28. The molecule has 0 atom stereocenters. The molecule has 0 bridgehead atoms. The molecule has 0 unspecified atom stereocenters. The van der Waals surface area contributed by atoms with E-state index in [1.807, 2.05) is 20.8 Å². The van der Waals surface area contributed by atoms with Gasteiger partial charge in [0.05, 0.1) is 0 Å². The van der Waals surface area contributed by atoms with Gasteiger partial charge in [0.2, 0.25) is 5.88 Å². The van der Waals surface area contributed by atoms with Crippen molar-refractivity contribution in [1.82, 2.24) is 4.98 Å². The quantitative estimate of drug-likeness (QED) is 0.845. The van der Waals surface area contributed by atoms with Crippen LogP contribution in [-0.4, -0.2) is 17.1 Å². The lowest BCUT2D eigenvalue weighted by Crippen LogP contribution is -2.44. The monoisotopic (exact) mass is 233 g/mol. The summed E-state index contributed by atoms with van der Waals surface area (Å²) in [5.74, 6) is 0.379. The summed E-state index contributed by atoms with van der Waals surface area (Å²) in [5.41, 5.74) is 7.07. The van der Waals surface area contributed by atoms with Crippen molar-refractivity contribution in [3.8, 4) is 11.9 Å². The van der Waals surface area contributed by atoms with Crippen LogP contribution in [0.4, 0.5) is 0 Å². The van der Waals surface area contributed by atoms with Gasteiger partial charge in [-0.15, -0.1) is 0 Å². The van der Waals surface area contributed by atoms with Crippen molar-refractivity contribution in [3.63, 3.8) is 0 Å². The van der Waals surface area contributed by atoms with Crippen LogP contribution in [0.15, 0.2) is 12.1 Å². The smallest absolute Gasteiger partial charge is 0.231 e. The van der Waals surface area contributed by atoms with Crippen molar-refractivity contribution >= 4 is 0 Å². The molecule has 0 spiro atoms. The molecule has 0 fully saturated rings. The summed E-state index contributed by atoms with van der Waals surface area (Å²) in [4.78, 5) is 4.22. The first-order chi connectivity index (χ1) is 8.04. The first-order valence-corrected chi connectivity index (χ1v) is 5.84. The van der Waals surface area contributed by atoms with Gasteiger partial charge in [0.1, 0.15) is 18.2 Å². The molecule has 1 heterocycles. The van der Waals surface area contributed by atoms with Gasteiger partial charge in [-0.25, -0.2) is 4.98 Å². The number of hydrogen-bond acceptors (Lipinski definition) is 4. The van der Waals surface area contributed by atoms with E-state index in [4.69, 9.17) is 15.7 Å². The Hall–Kier alpha value is -1.60. The van der Waals surface area contributed by atoms with Crippen LogP contribution in [-0.2, 0) is 0 Å². The molecule has 92 valence electrons. The first-order valence-electron chi connectivity index (χ1n) is 5.84. The molecular formula is C13H19N3O. The molecule has 0 aliphatic heterocycles. The fourth-order valence-electron chi connectivity index (χ4n) is 1.39. The van der Waals surface area contributed by atoms with E-state index in [1.165, 1.54) is 0 Å². The molecule has 0 amide bonds. The third-order valence-electron chi connectivity index (χ3n) is 3.02. The zero-order valence-corrected chi connectivity index (χ0v) is 10.7. The summed E-state index contributed by atoms with van der Waals surface area (Å²) in [6, 6.07) is 5.58. The van der Waals surface area contributed by atoms with Gasteiger partial charge in [-0.2, -0.15) is 5.26 Å². The fourth-order valence-corrected chi connectivity index (χ4v) is 1.39. The second-order valence-corrected chi connectivity index (χ2v) is 4.28. The second kappa shape index (κ2) is 5.65. The lowest BCUT2D eigenvalue weighted by molar-refractivity contribution is 0.200. The highest BCUT2D eigenvalue weighted by molar-refractivity contribution is 5.38. The largest absolute Gasteiger partial charge is 0.475 e. The zero-order valence-electron chi connectivity index (χ0n) is 10.7. The maximum Gasteiger partial charge on any atom is 0.231 e. The van der Waals surface area contributed by atoms with Gasteiger partial charge in [0.25, 0.3) is 0 Å². The number of nitriles is 1. The van der Waals surface area contributed by atoms with Gasteiger partial charge in [0, 0.05) is 11.2 Å². The van der Waals surface area contributed by atoms with E-state index in [-0.39, 0.29) is 5.54 Å². The normalized spacial score (nSPS) is 11.0. The minimum Gasteiger partial charge on any atom is -0.475 e. The molecule has 4 heteroatoms. The molecule has 1 aromatic rings. The molecule has 1 aromatic heterocycles. The highest BCUT2D eigenvalue weighted by atomic mass is 16.5. The first kappa shape index (κ1) is 13.5. The van der Waals surface area contributed by atoms with E-state index in [0.717, 1.165) is 18.5 Å². The Kier molecular flexibility index (Phi) is 4.47. The number of rotatable bonds is 5. The van der Waals surface area contributed by atoms with Crippen molar-refractivity contribution in [1.29, 1.82) is 5.26 Å². The van der Waals surface area contributed by atoms with Crippen LogP contribution in [0.3, 0.4) is 0 Å². The van der Waals surface area contributed by atoms with Crippen LogP contribution in [0.1, 0.15) is 37.9 Å². The SMILES string of the molecule is CCC(N)(CC)COc1nc(C)ccc1C#N. The van der Waals surface area contributed by atoms with Crippen molar-refractivity contribution in [2.24, 2.45) is 5.73 Å². The van der Waals surface area contributed by atoms with Crippen LogP contribution in [0.25, 0.3) is 0 Å². The molecule has 0 aromatic carbocycles. The molecule has 0 saturated carbocycles. The topological polar surface area (TPSA) is 71.9 Å². The van der Waals surface area contributed by atoms with Gasteiger partial charge in [-0.1, -0.05) is 13.8 Å². The van der Waals surface area contributed by atoms with Crippen LogP contribution in [0.5, 0.6) is 5.88 Å². The number of nitrogens with zero attached hydrogens (tertiary/aromatic N) is 2. The Morgan fingerprint density at radius 1 is 1.41 bits per heavy atom. The molecule has 17 heavy (non-hydrogen) atoms. The molecule has 0 saturated heterocycles. The highest BCUT2D eigenvalue weighted by Crippen LogP contribution is 2.18. The predicted molar refractivity (Wildman–Crippen MR) is 66.7 cm³/mol. The van der Waals surface area contributed by atoms with Crippen molar-refractivity contribution in [3.05, 3.63) is 23.4 Å². The Labute approximate surface area is 102 Å². The van der Waals surface area contributed by atoms with Gasteiger partial charge in [-0.3, -0.25) is 0 Å². The molecular weight excluding hydrogens is 214 g/mol. The van der Waals surface area contributed by atoms with Crippen LogP contribution >= 0.6 is 0 Å². The van der Waals surface area contributed by atoms with Crippen LogP contribution < -0.4 is 10.5 Å². The van der Waals surface area contributed by atoms with Crippen LogP contribution in [0, 0.1) is 18.3 Å². The number of aromatic nitrogens is 1. The van der Waals surface area contributed by atoms with E-state index in [0.29, 0.717) is 18.1 Å². The summed E-state index contributed by atoms with van der Waals surface area (Å²) >= 11 is 0. The summed E-state index contributed by atoms with van der Waals surface area (Å²) < 4.78 is 5.60. The van der Waals surface area contributed by atoms with Crippen LogP contribution in [0.2, 0.25) is 0 Å². The molecule has 0 radical (unpaired) electrons. The Morgan fingerprint density at radius 3 is 2.59 bits per heavy atom. The minimum atomic E-state index is -0.349. The summed E-state index contributed by atoms with van der Waals surface area (Å²) in [6.07, 6.45) is 1.66.